The molecule has 0 amide bonds. The van der Waals surface area contributed by atoms with E-state index in [-0.39, 0.29) is 0 Å². The predicted octanol–water partition coefficient (Wildman–Crippen LogP) is 4.09. The summed E-state index contributed by atoms with van der Waals surface area (Å²) in [6.45, 7) is 8.05. The second-order valence-corrected chi connectivity index (χ2v) is 3.50. The van der Waals surface area contributed by atoms with E-state index in [1.807, 2.05) is 25.1 Å². The van der Waals surface area contributed by atoms with Gasteiger partial charge in [0.2, 0.25) is 0 Å². The summed E-state index contributed by atoms with van der Waals surface area (Å²) < 4.78 is 0. The van der Waals surface area contributed by atoms with Gasteiger partial charge in [-0.25, -0.2) is 0 Å². The topological polar surface area (TPSA) is 0 Å². The van der Waals surface area contributed by atoms with Crippen LogP contribution in [0.1, 0.15) is 32.3 Å². The number of hydrogen-bond acceptors (Lipinski definition) is 0. The summed E-state index contributed by atoms with van der Waals surface area (Å²) in [6.07, 6.45) is 2.73. The summed E-state index contributed by atoms with van der Waals surface area (Å²) in [7, 11) is 0. The normalized spacial score (nSPS) is 8.86. The first kappa shape index (κ1) is 13.6. The standard InChI is InChI=1S/C9H10.C4H9.Li/c1-8(2)9-6-4-3-5-7-9;1-3-4-2;/h3-7H,1H2,2H3;1,3-4H2,2H3;. The van der Waals surface area contributed by atoms with Crippen molar-refractivity contribution in [3.05, 3.63) is 42.5 Å². The van der Waals surface area contributed by atoms with Gasteiger partial charge in [-0.3, -0.25) is 0 Å². The van der Waals surface area contributed by atoms with Crippen molar-refractivity contribution in [2.45, 2.75) is 31.8 Å². The summed E-state index contributed by atoms with van der Waals surface area (Å²) in [5, 5.41) is 1.34. The van der Waals surface area contributed by atoms with Gasteiger partial charge < -0.3 is 0 Å². The van der Waals surface area contributed by atoms with E-state index >= 15 is 0 Å². The van der Waals surface area contributed by atoms with Crippen molar-refractivity contribution in [3.63, 3.8) is 0 Å². The van der Waals surface area contributed by atoms with Gasteiger partial charge in [0, 0.05) is 0 Å². The van der Waals surface area contributed by atoms with Crippen LogP contribution in [0.2, 0.25) is 5.09 Å². The molecule has 0 bridgehead atoms. The van der Waals surface area contributed by atoms with Crippen molar-refractivity contribution < 1.29 is 0 Å². The van der Waals surface area contributed by atoms with Gasteiger partial charge in [0.05, 0.1) is 0 Å². The van der Waals surface area contributed by atoms with Crippen LogP contribution in [-0.2, 0) is 0 Å². The number of benzene rings is 1. The molecule has 72 valence electrons. The molecule has 1 heteroatoms. The van der Waals surface area contributed by atoms with Crippen LogP contribution in [0.25, 0.3) is 5.57 Å². The fourth-order valence-corrected chi connectivity index (χ4v) is 1.08. The predicted molar refractivity (Wildman–Crippen MR) is 66.6 cm³/mol. The first-order valence-electron chi connectivity index (χ1n) is 5.43. The molecule has 0 spiro atoms. The summed E-state index contributed by atoms with van der Waals surface area (Å²) in [5.41, 5.74) is 2.34. The average molecular weight is 182 g/mol. The molecule has 0 saturated carbocycles. The minimum atomic E-state index is 1.12. The molecular weight excluding hydrogens is 163 g/mol. The van der Waals surface area contributed by atoms with Gasteiger partial charge in [0.15, 0.2) is 0 Å². The monoisotopic (exact) mass is 182 g/mol. The molecule has 1 aromatic carbocycles. The van der Waals surface area contributed by atoms with Crippen LogP contribution in [0.5, 0.6) is 0 Å². The summed E-state index contributed by atoms with van der Waals surface area (Å²) in [5.74, 6) is 0. The fourth-order valence-electron chi connectivity index (χ4n) is 1.08. The van der Waals surface area contributed by atoms with Crippen molar-refractivity contribution in [2.75, 3.05) is 0 Å². The molecule has 14 heavy (non-hydrogen) atoms. The summed E-state index contributed by atoms with van der Waals surface area (Å²) in [6, 6.07) is 10.2. The van der Waals surface area contributed by atoms with E-state index in [9.17, 15) is 0 Å². The van der Waals surface area contributed by atoms with Crippen LogP contribution >= 0.6 is 0 Å². The van der Waals surface area contributed by atoms with Gasteiger partial charge in [0.1, 0.15) is 0 Å². The van der Waals surface area contributed by atoms with Gasteiger partial charge >= 0.3 is 42.6 Å². The van der Waals surface area contributed by atoms with Crippen molar-refractivity contribution in [1.29, 1.82) is 0 Å². The molecule has 0 unspecified atom stereocenters. The molecule has 0 radical (unpaired) electrons. The molecule has 0 aliphatic rings. The Morgan fingerprint density at radius 2 is 1.86 bits per heavy atom. The van der Waals surface area contributed by atoms with E-state index < -0.39 is 0 Å². The first-order valence-corrected chi connectivity index (χ1v) is 5.43. The zero-order valence-electron chi connectivity index (χ0n) is 9.72. The molecule has 0 fully saturated rings. The molecule has 0 aromatic heterocycles. The van der Waals surface area contributed by atoms with Crippen LogP contribution < -0.4 is 0 Å². The third-order valence-corrected chi connectivity index (χ3v) is 1.97. The number of hydrogen-bond donors (Lipinski definition) is 0. The van der Waals surface area contributed by atoms with Crippen LogP contribution in [0.3, 0.4) is 0 Å². The molecule has 0 saturated heterocycles. The number of rotatable bonds is 3. The van der Waals surface area contributed by atoms with Gasteiger partial charge in [-0.15, -0.1) is 0 Å². The second-order valence-electron chi connectivity index (χ2n) is 3.50. The third kappa shape index (κ3) is 7.01. The zero-order valence-corrected chi connectivity index (χ0v) is 9.72. The van der Waals surface area contributed by atoms with E-state index in [1.54, 1.807) is 0 Å². The molecule has 0 atom stereocenters. The maximum atomic E-state index is 3.83. The average Bonchev–Trinajstić information content (AvgIpc) is 2.21. The van der Waals surface area contributed by atoms with Crippen molar-refractivity contribution >= 4 is 23.3 Å². The Labute approximate surface area is 97.6 Å². The molecule has 0 N–H and O–H groups in total. The zero-order chi connectivity index (χ0) is 10.8. The Kier molecular flexibility index (Phi) is 8.84. The Balaban J connectivity index is 0.000000292. The van der Waals surface area contributed by atoms with Crippen LogP contribution in [-0.4, -0.2) is 17.7 Å². The minimum absolute atomic E-state index is 1.12. The summed E-state index contributed by atoms with van der Waals surface area (Å²) in [4.78, 5) is 0. The van der Waals surface area contributed by atoms with E-state index in [2.05, 4.69) is 43.4 Å². The van der Waals surface area contributed by atoms with Crippen LogP contribution in [0.4, 0.5) is 0 Å². The summed E-state index contributed by atoms with van der Waals surface area (Å²) >= 11 is 2.21. The van der Waals surface area contributed by atoms with E-state index in [0.717, 1.165) is 5.57 Å². The molecule has 0 aliphatic heterocycles. The first-order chi connectivity index (χ1) is 6.72. The quantitative estimate of drug-likeness (QED) is 0.617. The van der Waals surface area contributed by atoms with Crippen LogP contribution in [0.15, 0.2) is 36.9 Å². The van der Waals surface area contributed by atoms with E-state index in [1.165, 1.54) is 23.5 Å². The second kappa shape index (κ2) is 9.13. The van der Waals surface area contributed by atoms with Crippen molar-refractivity contribution in [1.82, 2.24) is 0 Å². The van der Waals surface area contributed by atoms with Crippen molar-refractivity contribution in [3.8, 4) is 0 Å². The Bertz CT molecular complexity index is 237. The van der Waals surface area contributed by atoms with Gasteiger partial charge in [-0.2, -0.15) is 0 Å². The van der Waals surface area contributed by atoms with Gasteiger partial charge in [0.25, 0.3) is 0 Å². The Morgan fingerprint density at radius 1 is 1.29 bits per heavy atom. The molecule has 1 aromatic rings. The molecule has 1 rings (SSSR count). The van der Waals surface area contributed by atoms with E-state index in [4.69, 9.17) is 0 Å². The molecule has 0 aliphatic carbocycles. The Hall–Kier alpha value is -0.443. The fraction of sp³-hybridized carbons (Fsp3) is 0.385. The van der Waals surface area contributed by atoms with Crippen molar-refractivity contribution in [2.24, 2.45) is 0 Å². The van der Waals surface area contributed by atoms with Crippen LogP contribution in [0, 0.1) is 0 Å². The number of unbranched alkanes of at least 4 members (excludes halogenated alkanes) is 1. The SMILES string of the molecule is C=C(C)c1ccccc1.[Li][CH2]CCC. The van der Waals surface area contributed by atoms with Gasteiger partial charge in [-0.05, 0) is 12.5 Å². The number of allylic oxidation sites excluding steroid dienone is 1. The maximum absolute atomic E-state index is 3.83. The van der Waals surface area contributed by atoms with E-state index in [0.29, 0.717) is 0 Å². The molecular formula is C13H19Li. The molecule has 0 nitrogen and oxygen atoms in total. The third-order valence-electron chi connectivity index (χ3n) is 1.97. The Morgan fingerprint density at radius 3 is 2.07 bits per heavy atom. The van der Waals surface area contributed by atoms with Gasteiger partial charge in [-0.1, -0.05) is 42.5 Å². The molecule has 0 heterocycles.